The smallest absolute Gasteiger partial charge is 0.252 e. The molecule has 0 bridgehead atoms. The van der Waals surface area contributed by atoms with Gasteiger partial charge in [-0.25, -0.2) is 0 Å². The average Bonchev–Trinajstić information content (AvgIpc) is 3.47. The first-order valence-corrected chi connectivity index (χ1v) is 18.6. The van der Waals surface area contributed by atoms with Crippen LogP contribution in [0.25, 0.3) is 27.5 Å². The highest BCUT2D eigenvalue weighted by atomic mass is 28.3. The molecule has 0 radical (unpaired) electrons. The van der Waals surface area contributed by atoms with Gasteiger partial charge in [-0.15, -0.1) is 0 Å². The van der Waals surface area contributed by atoms with Gasteiger partial charge in [0, 0.05) is 39.0 Å². The summed E-state index contributed by atoms with van der Waals surface area (Å²) in [5, 5.41) is 8.42. The van der Waals surface area contributed by atoms with E-state index in [0.29, 0.717) is 0 Å². The molecule has 0 amide bonds. The second kappa shape index (κ2) is 9.03. The summed E-state index contributed by atoms with van der Waals surface area (Å²) in [5.74, 6) is 0. The van der Waals surface area contributed by atoms with Crippen molar-refractivity contribution in [3.8, 4) is 5.69 Å². The monoisotopic (exact) mass is 612 g/mol. The van der Waals surface area contributed by atoms with Crippen molar-refractivity contribution in [2.75, 3.05) is 4.90 Å². The van der Waals surface area contributed by atoms with E-state index >= 15 is 0 Å². The molecule has 0 saturated carbocycles. The van der Waals surface area contributed by atoms with Gasteiger partial charge in [-0.2, -0.15) is 0 Å². The largest absolute Gasteiger partial charge is 0.312 e. The number of para-hydroxylation sites is 4. The van der Waals surface area contributed by atoms with Gasteiger partial charge in [-0.1, -0.05) is 133 Å². The van der Waals surface area contributed by atoms with E-state index in [0.717, 1.165) is 0 Å². The summed E-state index contributed by atoms with van der Waals surface area (Å²) in [6.45, 7) is 2.40. The van der Waals surface area contributed by atoms with Crippen LogP contribution in [0, 0.1) is 6.92 Å². The zero-order valence-corrected chi connectivity index (χ0v) is 27.0. The first kappa shape index (κ1) is 25.6. The van der Waals surface area contributed by atoms with Gasteiger partial charge < -0.3 is 9.47 Å². The van der Waals surface area contributed by atoms with E-state index in [1.165, 1.54) is 87.3 Å². The maximum absolute atomic E-state index is 2.71. The summed E-state index contributed by atoms with van der Waals surface area (Å²) in [7, 11) is -2.71. The molecule has 0 aliphatic carbocycles. The Bertz CT molecular complexity index is 2570. The normalized spacial score (nSPS) is 14.6. The van der Waals surface area contributed by atoms with Gasteiger partial charge in [0.05, 0.1) is 5.52 Å². The number of aryl methyl sites for hydroxylation is 1. The molecule has 218 valence electrons. The molecule has 0 spiro atoms. The Labute approximate surface area is 275 Å². The third-order valence-corrected chi connectivity index (χ3v) is 15.9. The Hall–Kier alpha value is -5.58. The molecule has 47 heavy (non-hydrogen) atoms. The summed E-state index contributed by atoms with van der Waals surface area (Å²) in [6.07, 6.45) is 0. The van der Waals surface area contributed by atoms with Crippen molar-refractivity contribution < 1.29 is 0 Å². The molecule has 8 aromatic rings. The lowest BCUT2D eigenvalue weighted by molar-refractivity contribution is 1.17. The fourth-order valence-electron chi connectivity index (χ4n) is 9.45. The second-order valence-electron chi connectivity index (χ2n) is 13.3. The number of anilines is 3. The maximum atomic E-state index is 2.64. The number of aromatic nitrogens is 1. The molecule has 0 atom stereocenters. The Morgan fingerprint density at radius 3 is 1.94 bits per heavy atom. The fourth-order valence-corrected chi connectivity index (χ4v) is 14.6. The van der Waals surface area contributed by atoms with Crippen LogP contribution >= 0.6 is 0 Å². The predicted molar refractivity (Wildman–Crippen MR) is 202 cm³/mol. The summed E-state index contributed by atoms with van der Waals surface area (Å²) in [4.78, 5) is 2.64. The van der Waals surface area contributed by atoms with Gasteiger partial charge in [-0.3, -0.25) is 0 Å². The third kappa shape index (κ3) is 3.03. The summed E-state index contributed by atoms with van der Waals surface area (Å²) >= 11 is 0. The molecule has 3 aliphatic rings. The van der Waals surface area contributed by atoms with Crippen LogP contribution in [0.5, 0.6) is 0 Å². The Kier molecular flexibility index (Phi) is 4.92. The number of rotatable bonds is 2. The molecule has 1 aromatic heterocycles. The van der Waals surface area contributed by atoms with Crippen molar-refractivity contribution in [2.45, 2.75) is 6.92 Å². The number of fused-ring (bicyclic) bond motifs is 9. The van der Waals surface area contributed by atoms with E-state index in [1.54, 1.807) is 0 Å². The molecule has 7 aromatic carbocycles. The SMILES string of the molecule is Cc1cc2c3c(c1)-n1c4ccccc4c4cccc(c41)B3c1cccc3c1N2c1ccccc1[Si]3(c1ccccc1)c1ccccc1. The van der Waals surface area contributed by atoms with Crippen molar-refractivity contribution in [1.82, 2.24) is 4.57 Å². The van der Waals surface area contributed by atoms with E-state index < -0.39 is 8.07 Å². The van der Waals surface area contributed by atoms with Crippen molar-refractivity contribution in [3.05, 3.63) is 163 Å². The zero-order chi connectivity index (χ0) is 30.9. The van der Waals surface area contributed by atoms with Crippen LogP contribution in [0.3, 0.4) is 0 Å². The highest BCUT2D eigenvalue weighted by molar-refractivity contribution is 7.22. The van der Waals surface area contributed by atoms with E-state index in [-0.39, 0.29) is 6.71 Å². The van der Waals surface area contributed by atoms with Crippen LogP contribution in [0.1, 0.15) is 5.56 Å². The highest BCUT2D eigenvalue weighted by Crippen LogP contribution is 2.43. The van der Waals surface area contributed by atoms with Crippen molar-refractivity contribution in [3.63, 3.8) is 0 Å². The quantitative estimate of drug-likeness (QED) is 0.238. The molecule has 2 nitrogen and oxygen atoms in total. The molecule has 4 heteroatoms. The molecule has 0 N–H and O–H groups in total. The molecule has 4 heterocycles. The van der Waals surface area contributed by atoms with Gasteiger partial charge in [0.1, 0.15) is 0 Å². The van der Waals surface area contributed by atoms with Crippen LogP contribution < -0.4 is 42.0 Å². The van der Waals surface area contributed by atoms with Crippen LogP contribution in [-0.4, -0.2) is 19.4 Å². The molecule has 11 rings (SSSR count). The van der Waals surface area contributed by atoms with Crippen molar-refractivity contribution in [2.24, 2.45) is 0 Å². The first-order valence-electron chi connectivity index (χ1n) is 16.6. The van der Waals surface area contributed by atoms with Crippen LogP contribution in [0.4, 0.5) is 17.1 Å². The van der Waals surface area contributed by atoms with Crippen molar-refractivity contribution >= 4 is 90.8 Å². The highest BCUT2D eigenvalue weighted by Gasteiger charge is 2.53. The molecular formula is C43H29BN2Si. The zero-order valence-electron chi connectivity index (χ0n) is 26.0. The maximum Gasteiger partial charge on any atom is 0.252 e. The lowest BCUT2D eigenvalue weighted by atomic mass is 9.33. The van der Waals surface area contributed by atoms with Crippen LogP contribution in [0.15, 0.2) is 158 Å². The van der Waals surface area contributed by atoms with Crippen molar-refractivity contribution in [1.29, 1.82) is 0 Å². The minimum absolute atomic E-state index is 0.135. The minimum atomic E-state index is -2.71. The fraction of sp³-hybridized carbons (Fsp3) is 0.0233. The van der Waals surface area contributed by atoms with E-state index in [4.69, 9.17) is 0 Å². The summed E-state index contributed by atoms with van der Waals surface area (Å²) < 4.78 is 2.56. The number of benzene rings is 7. The third-order valence-electron chi connectivity index (χ3n) is 11.1. The molecular weight excluding hydrogens is 583 g/mol. The predicted octanol–water partition coefficient (Wildman–Crippen LogP) is 5.40. The molecule has 0 saturated heterocycles. The van der Waals surface area contributed by atoms with E-state index in [1.807, 2.05) is 0 Å². The Balaban J connectivity index is 1.35. The summed E-state index contributed by atoms with van der Waals surface area (Å²) in [6, 6.07) is 60.0. The van der Waals surface area contributed by atoms with Gasteiger partial charge in [0.15, 0.2) is 8.07 Å². The Morgan fingerprint density at radius 2 is 1.13 bits per heavy atom. The first-order chi connectivity index (χ1) is 23.3. The van der Waals surface area contributed by atoms with Crippen LogP contribution in [-0.2, 0) is 0 Å². The lowest BCUT2D eigenvalue weighted by Gasteiger charge is -2.49. The minimum Gasteiger partial charge on any atom is -0.312 e. The molecule has 0 unspecified atom stereocenters. The van der Waals surface area contributed by atoms with Gasteiger partial charge >= 0.3 is 0 Å². The Morgan fingerprint density at radius 1 is 0.511 bits per heavy atom. The number of hydrogen-bond acceptors (Lipinski definition) is 1. The number of hydrogen-bond donors (Lipinski definition) is 0. The second-order valence-corrected chi connectivity index (χ2v) is 17.1. The van der Waals surface area contributed by atoms with Gasteiger partial charge in [0.2, 0.25) is 0 Å². The van der Waals surface area contributed by atoms with E-state index in [9.17, 15) is 0 Å². The van der Waals surface area contributed by atoms with Gasteiger partial charge in [-0.05, 0) is 73.9 Å². The summed E-state index contributed by atoms with van der Waals surface area (Å²) in [5.41, 5.74) is 13.4. The van der Waals surface area contributed by atoms with Crippen LogP contribution in [0.2, 0.25) is 0 Å². The average molecular weight is 613 g/mol. The lowest BCUT2D eigenvalue weighted by Crippen LogP contribution is -2.79. The molecule has 0 fully saturated rings. The van der Waals surface area contributed by atoms with Gasteiger partial charge in [0.25, 0.3) is 6.71 Å². The number of nitrogens with zero attached hydrogens (tertiary/aromatic N) is 2. The molecule has 3 aliphatic heterocycles. The standard InChI is InChI=1S/C43H29BN2Si/c1-28-26-37-41-38(27-28)46-36-23-10-11-24-39(36)47(29-14-4-2-5-15-29,30-16-6-3-7-17-30)40-25-13-21-34(43(40)46)44(41)33-20-12-19-32-31-18-8-9-22-35(31)45(37)42(32)33/h2-27H,1H3. The topological polar surface area (TPSA) is 8.17 Å². The van der Waals surface area contributed by atoms with E-state index in [2.05, 4.69) is 174 Å².